The number of amides is 2. The molecule has 3 rings (SSSR count). The molecular weight excluding hydrogens is 577 g/mol. The summed E-state index contributed by atoms with van der Waals surface area (Å²) >= 11 is 12.5. The summed E-state index contributed by atoms with van der Waals surface area (Å²) in [4.78, 5) is 28.2. The lowest BCUT2D eigenvalue weighted by atomic mass is 10.1. The summed E-state index contributed by atoms with van der Waals surface area (Å²) in [6.45, 7) is 1.06. The van der Waals surface area contributed by atoms with Crippen molar-refractivity contribution < 1.29 is 27.5 Å². The number of hydrogen-bond donors (Lipinski definition) is 1. The SMILES string of the molecule is CC[C@H](C(=O)NC)N(Cc1ccc(Cl)cc1Cl)C(=O)CN(c1cc(OC)ccc1OC)S(=O)(=O)c1ccccc1. The Morgan fingerprint density at radius 2 is 1.68 bits per heavy atom. The van der Waals surface area contributed by atoms with Gasteiger partial charge in [0.25, 0.3) is 10.0 Å². The van der Waals surface area contributed by atoms with Gasteiger partial charge < -0.3 is 19.7 Å². The fourth-order valence-corrected chi connectivity index (χ4v) is 6.05. The quantitative estimate of drug-likeness (QED) is 0.318. The first-order valence-electron chi connectivity index (χ1n) is 12.3. The molecule has 1 atom stereocenters. The molecule has 0 bridgehead atoms. The fraction of sp³-hybridized carbons (Fsp3) is 0.286. The van der Waals surface area contributed by atoms with Crippen molar-refractivity contribution in [2.75, 3.05) is 32.1 Å². The lowest BCUT2D eigenvalue weighted by Crippen LogP contribution is -2.51. The van der Waals surface area contributed by atoms with Crippen molar-refractivity contribution >= 4 is 50.7 Å². The van der Waals surface area contributed by atoms with E-state index >= 15 is 0 Å². The topological polar surface area (TPSA) is 105 Å². The van der Waals surface area contributed by atoms with Crippen molar-refractivity contribution in [3.8, 4) is 11.5 Å². The van der Waals surface area contributed by atoms with Crippen molar-refractivity contribution in [3.05, 3.63) is 82.3 Å². The number of benzene rings is 3. The van der Waals surface area contributed by atoms with Crippen molar-refractivity contribution in [3.63, 3.8) is 0 Å². The van der Waals surface area contributed by atoms with Crippen LogP contribution in [0.2, 0.25) is 10.0 Å². The maximum Gasteiger partial charge on any atom is 0.264 e. The third-order valence-corrected chi connectivity index (χ3v) is 8.61. The summed E-state index contributed by atoms with van der Waals surface area (Å²) < 4.78 is 39.7. The Morgan fingerprint density at radius 3 is 2.25 bits per heavy atom. The first-order chi connectivity index (χ1) is 19.1. The Labute approximate surface area is 244 Å². The Bertz CT molecular complexity index is 1450. The third-order valence-electron chi connectivity index (χ3n) is 6.25. The number of likely N-dealkylation sites (N-methyl/N-ethyl adjacent to an activating group) is 1. The molecule has 0 saturated carbocycles. The monoisotopic (exact) mass is 607 g/mol. The summed E-state index contributed by atoms with van der Waals surface area (Å²) in [6, 6.07) is 16.3. The van der Waals surface area contributed by atoms with Crippen molar-refractivity contribution in [2.24, 2.45) is 0 Å². The molecule has 3 aromatic rings. The number of carbonyl (C=O) groups is 2. The average Bonchev–Trinajstić information content (AvgIpc) is 2.96. The molecule has 0 unspecified atom stereocenters. The maximum atomic E-state index is 14.1. The van der Waals surface area contributed by atoms with Crippen LogP contribution in [0.15, 0.2) is 71.6 Å². The molecule has 0 fully saturated rings. The van der Waals surface area contributed by atoms with Crippen molar-refractivity contribution in [2.45, 2.75) is 30.8 Å². The number of rotatable bonds is 12. The largest absolute Gasteiger partial charge is 0.497 e. The number of halogens is 2. The summed E-state index contributed by atoms with van der Waals surface area (Å²) in [7, 11) is 0.0303. The Kier molecular flexibility index (Phi) is 10.7. The second-order valence-electron chi connectivity index (χ2n) is 8.66. The van der Waals surface area contributed by atoms with Gasteiger partial charge in [0.15, 0.2) is 0 Å². The van der Waals surface area contributed by atoms with Crippen LogP contribution in [0.4, 0.5) is 5.69 Å². The van der Waals surface area contributed by atoms with Crippen LogP contribution in [0.25, 0.3) is 0 Å². The standard InChI is InChI=1S/C28H31Cl2N3O6S/c1-5-24(28(35)31-2)32(17-19-11-12-20(29)15-23(19)30)27(34)18-33(40(36,37)22-9-7-6-8-10-22)25-16-21(38-3)13-14-26(25)39-4/h6-16,24H,5,17-18H2,1-4H3,(H,31,35)/t24-/m1/s1. The molecule has 0 aliphatic rings. The highest BCUT2D eigenvalue weighted by Crippen LogP contribution is 2.36. The highest BCUT2D eigenvalue weighted by Gasteiger charge is 2.35. The smallest absolute Gasteiger partial charge is 0.264 e. The van der Waals surface area contributed by atoms with E-state index in [-0.39, 0.29) is 29.3 Å². The zero-order valence-corrected chi connectivity index (χ0v) is 24.9. The summed E-state index contributed by atoms with van der Waals surface area (Å²) in [5.41, 5.74) is 0.634. The van der Waals surface area contributed by atoms with Crippen molar-refractivity contribution in [1.82, 2.24) is 10.2 Å². The zero-order chi connectivity index (χ0) is 29.4. The number of sulfonamides is 1. The van der Waals surface area contributed by atoms with E-state index in [1.165, 1.54) is 50.4 Å². The van der Waals surface area contributed by atoms with Gasteiger partial charge in [-0.1, -0.05) is 54.4 Å². The van der Waals surface area contributed by atoms with Crippen molar-refractivity contribution in [1.29, 1.82) is 0 Å². The molecule has 1 N–H and O–H groups in total. The van der Waals surface area contributed by atoms with Crippen LogP contribution in [0, 0.1) is 0 Å². The fourth-order valence-electron chi connectivity index (χ4n) is 4.14. The molecule has 2 amide bonds. The second-order valence-corrected chi connectivity index (χ2v) is 11.4. The van der Waals surface area contributed by atoms with E-state index in [1.807, 2.05) is 0 Å². The van der Waals surface area contributed by atoms with Gasteiger partial charge in [0.2, 0.25) is 11.8 Å². The number of nitrogens with zero attached hydrogens (tertiary/aromatic N) is 2. The minimum absolute atomic E-state index is 0.0293. The van der Waals surface area contributed by atoms with Gasteiger partial charge in [-0.25, -0.2) is 8.42 Å². The molecule has 214 valence electrons. The molecule has 40 heavy (non-hydrogen) atoms. The maximum absolute atomic E-state index is 14.1. The predicted molar refractivity (Wildman–Crippen MR) is 156 cm³/mol. The second kappa shape index (κ2) is 13.7. The van der Waals surface area contributed by atoms with Gasteiger partial charge in [0.05, 0.1) is 24.8 Å². The molecule has 0 aromatic heterocycles. The van der Waals surface area contributed by atoms with E-state index in [0.29, 0.717) is 21.4 Å². The lowest BCUT2D eigenvalue weighted by molar-refractivity contribution is -0.140. The van der Waals surface area contributed by atoms with Crippen LogP contribution in [0.3, 0.4) is 0 Å². The van der Waals surface area contributed by atoms with Crippen LogP contribution in [-0.2, 0) is 26.2 Å². The van der Waals surface area contributed by atoms with Gasteiger partial charge in [0.1, 0.15) is 24.1 Å². The molecule has 0 aliphatic heterocycles. The Balaban J connectivity index is 2.16. The molecule has 0 spiro atoms. The van der Waals surface area contributed by atoms with Gasteiger partial charge in [-0.3, -0.25) is 13.9 Å². The number of nitrogens with one attached hydrogen (secondary N) is 1. The molecule has 0 radical (unpaired) electrons. The van der Waals surface area contributed by atoms with Crippen LogP contribution in [0.1, 0.15) is 18.9 Å². The third kappa shape index (κ3) is 6.99. The number of anilines is 1. The number of methoxy groups -OCH3 is 2. The Hall–Kier alpha value is -3.47. The van der Waals surface area contributed by atoms with Gasteiger partial charge in [-0.2, -0.15) is 0 Å². The predicted octanol–water partition coefficient (Wildman–Crippen LogP) is 4.76. The van der Waals surface area contributed by atoms with Gasteiger partial charge in [-0.05, 0) is 48.4 Å². The average molecular weight is 609 g/mol. The number of carbonyl (C=O) groups excluding carboxylic acids is 2. The molecule has 0 saturated heterocycles. The normalized spacial score (nSPS) is 11.8. The first-order valence-corrected chi connectivity index (χ1v) is 14.5. The van der Waals surface area contributed by atoms with E-state index in [9.17, 15) is 18.0 Å². The summed E-state index contributed by atoms with van der Waals surface area (Å²) in [5.74, 6) is -0.472. The van der Waals surface area contributed by atoms with E-state index in [4.69, 9.17) is 32.7 Å². The first kappa shape index (κ1) is 31.1. The molecule has 0 heterocycles. The van der Waals surface area contributed by atoms with Crippen LogP contribution >= 0.6 is 23.2 Å². The molecule has 0 aliphatic carbocycles. The molecular formula is C28H31Cl2N3O6S. The highest BCUT2D eigenvalue weighted by molar-refractivity contribution is 7.92. The van der Waals surface area contributed by atoms with E-state index in [2.05, 4.69) is 5.32 Å². The van der Waals surface area contributed by atoms with Gasteiger partial charge >= 0.3 is 0 Å². The van der Waals surface area contributed by atoms with Crippen LogP contribution in [0.5, 0.6) is 11.5 Å². The van der Waals surface area contributed by atoms with Gasteiger partial charge in [-0.15, -0.1) is 0 Å². The van der Waals surface area contributed by atoms with Crippen LogP contribution < -0.4 is 19.1 Å². The number of ether oxygens (including phenoxy) is 2. The van der Waals surface area contributed by atoms with E-state index in [0.717, 1.165) is 4.31 Å². The summed E-state index contributed by atoms with van der Waals surface area (Å²) in [5, 5.41) is 3.30. The minimum atomic E-state index is -4.28. The molecule has 3 aromatic carbocycles. The Morgan fingerprint density at radius 1 is 0.975 bits per heavy atom. The van der Waals surface area contributed by atoms with Crippen LogP contribution in [-0.4, -0.2) is 59.0 Å². The summed E-state index contributed by atoms with van der Waals surface area (Å²) in [6.07, 6.45) is 0.268. The molecule has 9 nitrogen and oxygen atoms in total. The van der Waals surface area contributed by atoms with E-state index < -0.39 is 34.4 Å². The highest BCUT2D eigenvalue weighted by atomic mass is 35.5. The van der Waals surface area contributed by atoms with E-state index in [1.54, 1.807) is 49.4 Å². The minimum Gasteiger partial charge on any atom is -0.497 e. The molecule has 12 heteroatoms. The zero-order valence-electron chi connectivity index (χ0n) is 22.6. The van der Waals surface area contributed by atoms with Gasteiger partial charge in [0, 0.05) is 29.7 Å². The lowest BCUT2D eigenvalue weighted by Gasteiger charge is -2.33. The number of hydrogen-bond acceptors (Lipinski definition) is 6.